The van der Waals surface area contributed by atoms with E-state index < -0.39 is 27.8 Å². The molecule has 3 aliphatic rings. The van der Waals surface area contributed by atoms with E-state index in [9.17, 15) is 22.3 Å². The molecule has 1 aliphatic carbocycles. The minimum atomic E-state index is -3.76. The molecule has 1 saturated carbocycles. The number of benzene rings is 1. The van der Waals surface area contributed by atoms with Crippen molar-refractivity contribution in [3.63, 3.8) is 0 Å². The van der Waals surface area contributed by atoms with Gasteiger partial charge in [0.1, 0.15) is 16.8 Å². The summed E-state index contributed by atoms with van der Waals surface area (Å²) in [6.07, 6.45) is 6.16. The zero-order chi connectivity index (χ0) is 29.7. The van der Waals surface area contributed by atoms with E-state index in [4.69, 9.17) is 0 Å². The Morgan fingerprint density at radius 2 is 1.69 bits per heavy atom. The maximum absolute atomic E-state index is 13.7. The Labute approximate surface area is 244 Å². The van der Waals surface area contributed by atoms with E-state index in [1.807, 2.05) is 42.3 Å². The van der Waals surface area contributed by atoms with Crippen molar-refractivity contribution in [2.24, 2.45) is 5.41 Å². The third kappa shape index (κ3) is 5.94. The first kappa shape index (κ1) is 28.8. The summed E-state index contributed by atoms with van der Waals surface area (Å²) in [5.74, 6) is -2.00. The van der Waals surface area contributed by atoms with Crippen LogP contribution in [0.15, 0.2) is 36.5 Å². The Hall–Kier alpha value is -3.32. The number of aromatic nitrogens is 4. The zero-order valence-electron chi connectivity index (χ0n) is 23.9. The number of aryl methyl sites for hydroxylation is 1. The summed E-state index contributed by atoms with van der Waals surface area (Å²) in [5, 5.41) is 17.3. The van der Waals surface area contributed by atoms with Crippen molar-refractivity contribution in [1.82, 2.24) is 20.0 Å². The normalized spacial score (nSPS) is 20.5. The Bertz CT molecular complexity index is 1550. The molecule has 13 heteroatoms. The number of nitrogens with zero attached hydrogens (tertiary/aromatic N) is 6. The molecule has 42 heavy (non-hydrogen) atoms. The fourth-order valence-electron chi connectivity index (χ4n) is 5.84. The van der Waals surface area contributed by atoms with Crippen LogP contribution in [0.5, 0.6) is 0 Å². The van der Waals surface area contributed by atoms with Crippen molar-refractivity contribution in [3.05, 3.63) is 42.2 Å². The van der Waals surface area contributed by atoms with Gasteiger partial charge in [0.2, 0.25) is 10.0 Å². The van der Waals surface area contributed by atoms with Crippen molar-refractivity contribution < 1.29 is 22.3 Å². The van der Waals surface area contributed by atoms with Gasteiger partial charge in [0.25, 0.3) is 5.92 Å². The summed E-state index contributed by atoms with van der Waals surface area (Å²) in [4.78, 5) is 8.75. The highest BCUT2D eigenvalue weighted by Crippen LogP contribution is 2.54. The first-order valence-corrected chi connectivity index (χ1v) is 16.1. The van der Waals surface area contributed by atoms with Crippen molar-refractivity contribution in [2.75, 3.05) is 47.3 Å². The van der Waals surface area contributed by atoms with Crippen LogP contribution in [-0.4, -0.2) is 77.5 Å². The van der Waals surface area contributed by atoms with Crippen LogP contribution in [-0.2, 0) is 10.0 Å². The molecule has 0 unspecified atom stereocenters. The summed E-state index contributed by atoms with van der Waals surface area (Å²) < 4.78 is 57.1. The standard InChI is InChI=1S/C29H37F2N7O3S/c1-20-15-23(17-27(32-20)37-13-9-29(30,31)10-14-37)38-18-25(33-35-38)24-4-3-22(34-42(40,41)21(2)19-39)16-26(24)36-11-7-28(5-6-28)8-12-36/h3-4,15-18,21,34,39H,5-14,19H2,1-2H3/t21-/m1/s1. The molecule has 0 bridgehead atoms. The van der Waals surface area contributed by atoms with Crippen LogP contribution in [0, 0.1) is 12.3 Å². The average molecular weight is 602 g/mol. The van der Waals surface area contributed by atoms with Crippen LogP contribution in [0.4, 0.5) is 26.0 Å². The number of piperidine rings is 2. The molecule has 1 aromatic carbocycles. The van der Waals surface area contributed by atoms with E-state index in [-0.39, 0.29) is 25.9 Å². The number of aliphatic hydroxyl groups excluding tert-OH is 1. The first-order chi connectivity index (χ1) is 20.0. The number of anilines is 3. The van der Waals surface area contributed by atoms with Gasteiger partial charge in [0.05, 0.1) is 24.2 Å². The SMILES string of the molecule is Cc1cc(-n2cc(-c3ccc(NS(=O)(=O)[C@H](C)CO)cc3N3CCC4(CC3)CC4)nn2)cc(N2CCC(F)(F)CC2)n1. The molecule has 0 amide bonds. The highest BCUT2D eigenvalue weighted by molar-refractivity contribution is 7.93. The summed E-state index contributed by atoms with van der Waals surface area (Å²) >= 11 is 0. The summed E-state index contributed by atoms with van der Waals surface area (Å²) in [6, 6.07) is 9.11. The maximum Gasteiger partial charge on any atom is 0.251 e. The van der Waals surface area contributed by atoms with Crippen LogP contribution in [0.2, 0.25) is 0 Å². The van der Waals surface area contributed by atoms with E-state index in [0.29, 0.717) is 22.6 Å². The van der Waals surface area contributed by atoms with Crippen molar-refractivity contribution >= 4 is 27.2 Å². The van der Waals surface area contributed by atoms with E-state index in [2.05, 4.69) is 24.9 Å². The van der Waals surface area contributed by atoms with Gasteiger partial charge in [-0.3, -0.25) is 4.72 Å². The van der Waals surface area contributed by atoms with Crippen LogP contribution in [0.1, 0.15) is 51.1 Å². The van der Waals surface area contributed by atoms with Gasteiger partial charge in [-0.15, -0.1) is 5.10 Å². The highest BCUT2D eigenvalue weighted by atomic mass is 32.2. The fourth-order valence-corrected chi connectivity index (χ4v) is 6.69. The number of rotatable bonds is 8. The molecule has 2 aromatic heterocycles. The molecule has 0 radical (unpaired) electrons. The van der Waals surface area contributed by atoms with Crippen LogP contribution < -0.4 is 14.5 Å². The van der Waals surface area contributed by atoms with Gasteiger partial charge in [0, 0.05) is 62.0 Å². The molecule has 2 N–H and O–H groups in total. The Morgan fingerprint density at radius 1 is 1.00 bits per heavy atom. The maximum atomic E-state index is 13.7. The molecule has 1 spiro atoms. The molecule has 3 fully saturated rings. The topological polar surface area (TPSA) is 116 Å². The highest BCUT2D eigenvalue weighted by Gasteiger charge is 2.44. The zero-order valence-corrected chi connectivity index (χ0v) is 24.7. The number of hydrogen-bond donors (Lipinski definition) is 2. The lowest BCUT2D eigenvalue weighted by atomic mass is 9.93. The number of hydrogen-bond acceptors (Lipinski definition) is 8. The van der Waals surface area contributed by atoms with E-state index in [1.165, 1.54) is 19.8 Å². The molecule has 6 rings (SSSR count). The van der Waals surface area contributed by atoms with Crippen LogP contribution in [0.3, 0.4) is 0 Å². The third-order valence-corrected chi connectivity index (χ3v) is 10.7. The second-order valence-corrected chi connectivity index (χ2v) is 14.2. The van der Waals surface area contributed by atoms with Crippen molar-refractivity contribution in [1.29, 1.82) is 0 Å². The lowest BCUT2D eigenvalue weighted by molar-refractivity contribution is -0.0221. The number of pyridine rings is 1. The predicted molar refractivity (Wildman–Crippen MR) is 158 cm³/mol. The Kier molecular flexibility index (Phi) is 7.37. The van der Waals surface area contributed by atoms with Gasteiger partial charge in [0.15, 0.2) is 0 Å². The number of sulfonamides is 1. The van der Waals surface area contributed by atoms with Gasteiger partial charge < -0.3 is 14.9 Å². The number of halogens is 2. The van der Waals surface area contributed by atoms with Gasteiger partial charge >= 0.3 is 0 Å². The molecular formula is C29H37F2N7O3S. The molecule has 10 nitrogen and oxygen atoms in total. The largest absolute Gasteiger partial charge is 0.395 e. The summed E-state index contributed by atoms with van der Waals surface area (Å²) in [5.41, 5.74) is 4.69. The molecule has 2 aliphatic heterocycles. The Balaban J connectivity index is 1.31. The van der Waals surface area contributed by atoms with Crippen molar-refractivity contribution in [3.8, 4) is 16.9 Å². The number of alkyl halides is 2. The van der Waals surface area contributed by atoms with E-state index in [1.54, 1.807) is 10.7 Å². The predicted octanol–water partition coefficient (Wildman–Crippen LogP) is 4.38. The Morgan fingerprint density at radius 3 is 2.36 bits per heavy atom. The summed E-state index contributed by atoms with van der Waals surface area (Å²) in [7, 11) is -3.76. The minimum absolute atomic E-state index is 0.198. The second-order valence-electron chi connectivity index (χ2n) is 12.1. The third-order valence-electron chi connectivity index (χ3n) is 8.94. The smallest absolute Gasteiger partial charge is 0.251 e. The monoisotopic (exact) mass is 601 g/mol. The van der Waals surface area contributed by atoms with Gasteiger partial charge in [-0.1, -0.05) is 5.21 Å². The van der Waals surface area contributed by atoms with Gasteiger partial charge in [-0.25, -0.2) is 26.9 Å². The minimum Gasteiger partial charge on any atom is -0.395 e. The lowest BCUT2D eigenvalue weighted by Crippen LogP contribution is -2.39. The lowest BCUT2D eigenvalue weighted by Gasteiger charge is -2.35. The first-order valence-electron chi connectivity index (χ1n) is 14.5. The second kappa shape index (κ2) is 10.7. The summed E-state index contributed by atoms with van der Waals surface area (Å²) in [6.45, 7) is 5.05. The van der Waals surface area contributed by atoms with Crippen LogP contribution in [0.25, 0.3) is 16.9 Å². The van der Waals surface area contributed by atoms with Gasteiger partial charge in [-0.2, -0.15) is 0 Å². The van der Waals surface area contributed by atoms with E-state index >= 15 is 0 Å². The van der Waals surface area contributed by atoms with Crippen molar-refractivity contribution in [2.45, 2.75) is 63.5 Å². The molecule has 226 valence electrons. The molecule has 4 heterocycles. The molecule has 1 atom stereocenters. The quantitative estimate of drug-likeness (QED) is 0.391. The number of nitrogens with one attached hydrogen (secondary N) is 1. The van der Waals surface area contributed by atoms with Crippen LogP contribution >= 0.6 is 0 Å². The fraction of sp³-hybridized carbons (Fsp3) is 0.552. The average Bonchev–Trinajstić information content (AvgIpc) is 3.52. The molecule has 3 aromatic rings. The number of aliphatic hydroxyl groups is 1. The van der Waals surface area contributed by atoms with Gasteiger partial charge in [-0.05, 0) is 69.2 Å². The molecular weight excluding hydrogens is 564 g/mol. The van der Waals surface area contributed by atoms with E-state index in [0.717, 1.165) is 48.6 Å². The molecule has 2 saturated heterocycles.